The van der Waals surface area contributed by atoms with Crippen LogP contribution in [0.4, 0.5) is 0 Å². The number of hydrogen-bond donors (Lipinski definition) is 1. The lowest BCUT2D eigenvalue weighted by Gasteiger charge is -2.15. The fourth-order valence-corrected chi connectivity index (χ4v) is 2.48. The number of rotatable bonds is 15. The van der Waals surface area contributed by atoms with Gasteiger partial charge in [-0.2, -0.15) is 0 Å². The van der Waals surface area contributed by atoms with Crippen LogP contribution in [-0.2, 0) is 14.3 Å². The summed E-state index contributed by atoms with van der Waals surface area (Å²) < 4.78 is 4.58. The van der Waals surface area contributed by atoms with Crippen LogP contribution in [0.5, 0.6) is 0 Å². The third-order valence-electron chi connectivity index (χ3n) is 4.24. The van der Waals surface area contributed by atoms with Crippen LogP contribution in [0.1, 0.15) is 71.1 Å². The van der Waals surface area contributed by atoms with Crippen LogP contribution in [0.25, 0.3) is 0 Å². The van der Waals surface area contributed by atoms with E-state index in [1.807, 2.05) is 31.4 Å². The van der Waals surface area contributed by atoms with Gasteiger partial charge in [-0.25, -0.2) is 0 Å². The van der Waals surface area contributed by atoms with Gasteiger partial charge in [0.1, 0.15) is 0 Å². The first kappa shape index (κ1) is 24.4. The summed E-state index contributed by atoms with van der Waals surface area (Å²) in [6, 6.07) is 0. The Morgan fingerprint density at radius 1 is 1.08 bits per heavy atom. The highest BCUT2D eigenvalue weighted by Gasteiger charge is 2.07. The Balaban J connectivity index is 3.74. The number of amides is 1. The van der Waals surface area contributed by atoms with Crippen molar-refractivity contribution in [1.82, 2.24) is 4.90 Å². The summed E-state index contributed by atoms with van der Waals surface area (Å²) >= 11 is 0. The molecule has 0 aliphatic carbocycles. The second kappa shape index (κ2) is 16.8. The van der Waals surface area contributed by atoms with Crippen LogP contribution in [0.3, 0.4) is 0 Å². The third kappa shape index (κ3) is 14.7. The molecule has 26 heavy (non-hydrogen) atoms. The molecule has 5 heteroatoms. The van der Waals surface area contributed by atoms with E-state index in [1.165, 1.54) is 7.11 Å². The zero-order chi connectivity index (χ0) is 19.6. The number of esters is 1. The maximum Gasteiger partial charge on any atom is 0.305 e. The van der Waals surface area contributed by atoms with Gasteiger partial charge in [-0.05, 0) is 25.7 Å². The molecule has 1 atom stereocenters. The summed E-state index contributed by atoms with van der Waals surface area (Å²) in [5.74, 6) is -0.0545. The maximum absolute atomic E-state index is 12.0. The Hall–Kier alpha value is -1.62. The molecule has 5 nitrogen and oxygen atoms in total. The molecule has 0 saturated carbocycles. The fraction of sp³-hybridized carbons (Fsp3) is 0.714. The van der Waals surface area contributed by atoms with Gasteiger partial charge in [0, 0.05) is 26.4 Å². The highest BCUT2D eigenvalue weighted by atomic mass is 16.5. The van der Waals surface area contributed by atoms with E-state index in [-0.39, 0.29) is 18.0 Å². The molecular formula is C21H37NO4. The number of allylic oxidation sites excluding steroid dienone is 2. The van der Waals surface area contributed by atoms with Gasteiger partial charge in [0.25, 0.3) is 0 Å². The smallest absolute Gasteiger partial charge is 0.305 e. The molecule has 0 aromatic rings. The van der Waals surface area contributed by atoms with Crippen molar-refractivity contribution in [2.24, 2.45) is 0 Å². The summed E-state index contributed by atoms with van der Waals surface area (Å²) in [7, 11) is 3.21. The van der Waals surface area contributed by atoms with Gasteiger partial charge < -0.3 is 14.7 Å². The minimum atomic E-state index is -0.366. The van der Waals surface area contributed by atoms with E-state index < -0.39 is 0 Å². The molecule has 0 aromatic heterocycles. The van der Waals surface area contributed by atoms with E-state index in [0.29, 0.717) is 19.4 Å². The van der Waals surface area contributed by atoms with Crippen molar-refractivity contribution in [2.75, 3.05) is 20.7 Å². The molecule has 0 spiro atoms. The number of methoxy groups -OCH3 is 1. The Morgan fingerprint density at radius 2 is 1.81 bits per heavy atom. The van der Waals surface area contributed by atoms with E-state index in [2.05, 4.69) is 11.7 Å². The van der Waals surface area contributed by atoms with E-state index in [0.717, 1.165) is 51.4 Å². The van der Waals surface area contributed by atoms with Gasteiger partial charge in [0.15, 0.2) is 0 Å². The van der Waals surface area contributed by atoms with Crippen LogP contribution < -0.4 is 0 Å². The standard InChI is InChI=1S/C21H37NO4/c1-4-5-9-14-19(23)15-10-6-7-13-18-22(2)20(24)16-11-8-12-17-21(25)26-3/h6-7,10,15,19,23H,4-5,8-9,11-14,16-18H2,1-3H3/t19-/m0/s1. The SMILES string of the molecule is CCCCC[C@H](O)C=CC=CCCN(C)C(=O)CCCCCC(=O)OC. The number of aliphatic hydroxyl groups excluding tert-OH is 1. The molecule has 0 fully saturated rings. The highest BCUT2D eigenvalue weighted by Crippen LogP contribution is 2.06. The first-order chi connectivity index (χ1) is 12.5. The predicted molar refractivity (Wildman–Crippen MR) is 106 cm³/mol. The average molecular weight is 368 g/mol. The Labute approximate surface area is 159 Å². The second-order valence-corrected chi connectivity index (χ2v) is 6.62. The predicted octanol–water partition coefficient (Wildman–Crippen LogP) is 4.01. The van der Waals surface area contributed by atoms with Gasteiger partial charge in [-0.1, -0.05) is 56.9 Å². The lowest BCUT2D eigenvalue weighted by molar-refractivity contribution is -0.140. The normalized spacial score (nSPS) is 12.6. The molecule has 0 aliphatic heterocycles. The van der Waals surface area contributed by atoms with Gasteiger partial charge in [-0.15, -0.1) is 0 Å². The van der Waals surface area contributed by atoms with Crippen molar-refractivity contribution >= 4 is 11.9 Å². The molecule has 0 aliphatic rings. The number of unbranched alkanes of at least 4 members (excludes halogenated alkanes) is 4. The largest absolute Gasteiger partial charge is 0.469 e. The van der Waals surface area contributed by atoms with Crippen LogP contribution >= 0.6 is 0 Å². The summed E-state index contributed by atoms with van der Waals surface area (Å²) in [5.41, 5.74) is 0. The second-order valence-electron chi connectivity index (χ2n) is 6.62. The minimum absolute atomic E-state index is 0.137. The fourth-order valence-electron chi connectivity index (χ4n) is 2.48. The van der Waals surface area contributed by atoms with E-state index >= 15 is 0 Å². The lowest BCUT2D eigenvalue weighted by atomic mass is 10.1. The molecule has 0 heterocycles. The molecule has 0 unspecified atom stereocenters. The zero-order valence-electron chi connectivity index (χ0n) is 16.8. The monoisotopic (exact) mass is 367 g/mol. The van der Waals surface area contributed by atoms with E-state index in [4.69, 9.17) is 0 Å². The minimum Gasteiger partial charge on any atom is -0.469 e. The van der Waals surface area contributed by atoms with Crippen molar-refractivity contribution in [3.8, 4) is 0 Å². The number of carbonyl (C=O) groups is 2. The van der Waals surface area contributed by atoms with Gasteiger partial charge in [0.05, 0.1) is 13.2 Å². The van der Waals surface area contributed by atoms with Crippen LogP contribution in [0.15, 0.2) is 24.3 Å². The van der Waals surface area contributed by atoms with Gasteiger partial charge >= 0.3 is 5.97 Å². The van der Waals surface area contributed by atoms with Crippen LogP contribution in [0, 0.1) is 0 Å². The number of ether oxygens (including phenoxy) is 1. The summed E-state index contributed by atoms with van der Waals surface area (Å²) in [4.78, 5) is 24.7. The molecule has 0 radical (unpaired) electrons. The number of aliphatic hydroxyl groups is 1. The van der Waals surface area contributed by atoms with E-state index in [1.54, 1.807) is 4.90 Å². The van der Waals surface area contributed by atoms with Crippen molar-refractivity contribution < 1.29 is 19.4 Å². The van der Waals surface area contributed by atoms with E-state index in [9.17, 15) is 14.7 Å². The van der Waals surface area contributed by atoms with Crippen molar-refractivity contribution in [2.45, 2.75) is 77.2 Å². The molecular weight excluding hydrogens is 330 g/mol. The molecule has 150 valence electrons. The maximum atomic E-state index is 12.0. The topological polar surface area (TPSA) is 66.8 Å². The third-order valence-corrected chi connectivity index (χ3v) is 4.24. The first-order valence-electron chi connectivity index (χ1n) is 9.83. The van der Waals surface area contributed by atoms with Crippen LogP contribution in [-0.4, -0.2) is 48.7 Å². The highest BCUT2D eigenvalue weighted by molar-refractivity contribution is 5.75. The molecule has 1 N–H and O–H groups in total. The van der Waals surface area contributed by atoms with Crippen LogP contribution in [0.2, 0.25) is 0 Å². The Bertz CT molecular complexity index is 432. The summed E-state index contributed by atoms with van der Waals surface area (Å²) in [5, 5.41) is 9.76. The summed E-state index contributed by atoms with van der Waals surface area (Å²) in [6.45, 7) is 2.84. The summed E-state index contributed by atoms with van der Waals surface area (Å²) in [6.07, 6.45) is 15.6. The van der Waals surface area contributed by atoms with Gasteiger partial charge in [-0.3, -0.25) is 9.59 Å². The van der Waals surface area contributed by atoms with Crippen molar-refractivity contribution in [1.29, 1.82) is 0 Å². The van der Waals surface area contributed by atoms with Crippen molar-refractivity contribution in [3.63, 3.8) is 0 Å². The first-order valence-corrected chi connectivity index (χ1v) is 9.83. The number of carbonyl (C=O) groups excluding carboxylic acids is 2. The molecule has 0 saturated heterocycles. The lowest BCUT2D eigenvalue weighted by Crippen LogP contribution is -2.27. The Morgan fingerprint density at radius 3 is 2.50 bits per heavy atom. The Kier molecular flexibility index (Phi) is 15.8. The molecule has 1 amide bonds. The van der Waals surface area contributed by atoms with Gasteiger partial charge in [0.2, 0.25) is 5.91 Å². The average Bonchev–Trinajstić information content (AvgIpc) is 2.63. The zero-order valence-corrected chi connectivity index (χ0v) is 16.8. The quantitative estimate of drug-likeness (QED) is 0.270. The molecule has 0 rings (SSSR count). The number of nitrogens with zero attached hydrogens (tertiary/aromatic N) is 1. The number of hydrogen-bond acceptors (Lipinski definition) is 4. The molecule has 0 bridgehead atoms. The molecule has 0 aromatic carbocycles. The van der Waals surface area contributed by atoms with Crippen molar-refractivity contribution in [3.05, 3.63) is 24.3 Å².